The molecule has 1 heterocycles. The highest BCUT2D eigenvalue weighted by Gasteiger charge is 2.24. The van der Waals surface area contributed by atoms with Gasteiger partial charge >= 0.3 is 5.97 Å². The van der Waals surface area contributed by atoms with E-state index in [1.165, 1.54) is 25.1 Å². The van der Waals surface area contributed by atoms with Gasteiger partial charge in [-0.2, -0.15) is 5.10 Å². The van der Waals surface area contributed by atoms with Gasteiger partial charge in [0.05, 0.1) is 22.0 Å². The van der Waals surface area contributed by atoms with Gasteiger partial charge in [0.25, 0.3) is 11.6 Å². The van der Waals surface area contributed by atoms with Gasteiger partial charge in [-0.3, -0.25) is 19.6 Å². The van der Waals surface area contributed by atoms with E-state index in [-0.39, 0.29) is 11.3 Å². The number of hydrogen-bond donors (Lipinski definition) is 1. The Morgan fingerprint density at radius 3 is 2.56 bits per heavy atom. The van der Waals surface area contributed by atoms with Crippen LogP contribution in [0.25, 0.3) is 0 Å². The highest BCUT2D eigenvalue weighted by molar-refractivity contribution is 5.98. The summed E-state index contributed by atoms with van der Waals surface area (Å²) < 4.78 is 6.53. The van der Waals surface area contributed by atoms with Gasteiger partial charge in [-0.25, -0.2) is 4.79 Å². The summed E-state index contributed by atoms with van der Waals surface area (Å²) in [7, 11) is 1.74. The monoisotopic (exact) mass is 346 g/mol. The SMILES string of the molecule is Cc1cccc(C(=O)OCC(=O)Nc2c(C)nn(C)c2C)c1[N+](=O)[O-]. The Balaban J connectivity index is 2.07. The van der Waals surface area contributed by atoms with Crippen LogP contribution in [-0.2, 0) is 16.6 Å². The van der Waals surface area contributed by atoms with Gasteiger partial charge in [-0.05, 0) is 26.8 Å². The molecule has 0 aliphatic heterocycles. The summed E-state index contributed by atoms with van der Waals surface area (Å²) in [6, 6.07) is 4.33. The minimum atomic E-state index is -0.926. The molecule has 9 nitrogen and oxygen atoms in total. The standard InChI is InChI=1S/C16H18N4O5/c1-9-6-5-7-12(15(9)20(23)24)16(22)25-8-13(21)17-14-10(2)18-19(4)11(14)3/h5-7H,8H2,1-4H3,(H,17,21). The fraction of sp³-hybridized carbons (Fsp3) is 0.312. The summed E-state index contributed by atoms with van der Waals surface area (Å²) >= 11 is 0. The third-order valence-corrected chi connectivity index (χ3v) is 3.75. The van der Waals surface area contributed by atoms with E-state index in [1.54, 1.807) is 25.6 Å². The van der Waals surface area contributed by atoms with Crippen LogP contribution < -0.4 is 5.32 Å². The van der Waals surface area contributed by atoms with E-state index in [1.807, 2.05) is 0 Å². The first kappa shape index (κ1) is 18.1. The van der Waals surface area contributed by atoms with Gasteiger partial charge in [-0.1, -0.05) is 12.1 Å². The summed E-state index contributed by atoms with van der Waals surface area (Å²) in [6.45, 7) is 4.50. The summed E-state index contributed by atoms with van der Waals surface area (Å²) in [5.74, 6) is -1.48. The second kappa shape index (κ2) is 7.12. The molecule has 0 saturated heterocycles. The maximum Gasteiger partial charge on any atom is 0.345 e. The fourth-order valence-electron chi connectivity index (χ4n) is 2.40. The molecule has 2 rings (SSSR count). The Morgan fingerprint density at radius 2 is 2.00 bits per heavy atom. The average molecular weight is 346 g/mol. The minimum absolute atomic E-state index is 0.188. The number of rotatable bonds is 5. The van der Waals surface area contributed by atoms with Gasteiger partial charge < -0.3 is 10.1 Å². The second-order valence-corrected chi connectivity index (χ2v) is 5.52. The normalized spacial score (nSPS) is 10.4. The number of carbonyl (C=O) groups is 2. The quantitative estimate of drug-likeness (QED) is 0.503. The summed E-state index contributed by atoms with van der Waals surface area (Å²) in [6.07, 6.45) is 0. The molecule has 25 heavy (non-hydrogen) atoms. The van der Waals surface area contributed by atoms with Crippen LogP contribution in [0.1, 0.15) is 27.3 Å². The topological polar surface area (TPSA) is 116 Å². The van der Waals surface area contributed by atoms with Crippen LogP contribution in [0.3, 0.4) is 0 Å². The lowest BCUT2D eigenvalue weighted by molar-refractivity contribution is -0.385. The average Bonchev–Trinajstić information content (AvgIpc) is 2.78. The van der Waals surface area contributed by atoms with Crippen molar-refractivity contribution in [3.63, 3.8) is 0 Å². The zero-order valence-electron chi connectivity index (χ0n) is 14.3. The van der Waals surface area contributed by atoms with Gasteiger partial charge in [0, 0.05) is 12.6 Å². The third kappa shape index (κ3) is 3.82. The number of esters is 1. The van der Waals surface area contributed by atoms with E-state index in [4.69, 9.17) is 4.74 Å². The molecule has 2 aromatic rings. The van der Waals surface area contributed by atoms with Gasteiger partial charge in [-0.15, -0.1) is 0 Å². The smallest absolute Gasteiger partial charge is 0.345 e. The van der Waals surface area contributed by atoms with Crippen molar-refractivity contribution in [3.05, 3.63) is 50.8 Å². The van der Waals surface area contributed by atoms with Crippen molar-refractivity contribution in [2.45, 2.75) is 20.8 Å². The molecule has 0 radical (unpaired) electrons. The molecule has 0 spiro atoms. The van der Waals surface area contributed by atoms with E-state index < -0.39 is 23.4 Å². The minimum Gasteiger partial charge on any atom is -0.452 e. The first-order chi connectivity index (χ1) is 11.7. The number of nitrogens with zero attached hydrogens (tertiary/aromatic N) is 3. The highest BCUT2D eigenvalue weighted by atomic mass is 16.6. The van der Waals surface area contributed by atoms with Crippen molar-refractivity contribution < 1.29 is 19.2 Å². The Hall–Kier alpha value is -3.23. The van der Waals surface area contributed by atoms with Crippen LogP contribution in [0.15, 0.2) is 18.2 Å². The van der Waals surface area contributed by atoms with E-state index in [0.29, 0.717) is 16.9 Å². The van der Waals surface area contributed by atoms with Crippen molar-refractivity contribution in [1.82, 2.24) is 9.78 Å². The Kier molecular flexibility index (Phi) is 5.16. The molecule has 1 N–H and O–H groups in total. The van der Waals surface area contributed by atoms with Crippen molar-refractivity contribution in [2.75, 3.05) is 11.9 Å². The Labute approximate surface area is 143 Å². The van der Waals surface area contributed by atoms with Crippen LogP contribution in [0.4, 0.5) is 11.4 Å². The number of carbonyl (C=O) groups excluding carboxylic acids is 2. The lowest BCUT2D eigenvalue weighted by Gasteiger charge is -2.08. The van der Waals surface area contributed by atoms with Gasteiger partial charge in [0.1, 0.15) is 5.56 Å². The number of anilines is 1. The largest absolute Gasteiger partial charge is 0.452 e. The van der Waals surface area contributed by atoms with Crippen LogP contribution >= 0.6 is 0 Å². The van der Waals surface area contributed by atoms with Crippen molar-refractivity contribution in [1.29, 1.82) is 0 Å². The summed E-state index contributed by atoms with van der Waals surface area (Å²) in [5, 5.41) is 17.9. The number of amides is 1. The number of nitro groups is 1. The first-order valence-electron chi connectivity index (χ1n) is 7.43. The molecule has 1 aromatic carbocycles. The number of aryl methyl sites for hydroxylation is 3. The van der Waals surface area contributed by atoms with E-state index >= 15 is 0 Å². The van der Waals surface area contributed by atoms with E-state index in [9.17, 15) is 19.7 Å². The number of benzene rings is 1. The molecule has 0 aliphatic carbocycles. The molecule has 0 bridgehead atoms. The highest BCUT2D eigenvalue weighted by Crippen LogP contribution is 2.24. The van der Waals surface area contributed by atoms with Crippen LogP contribution in [0, 0.1) is 30.9 Å². The third-order valence-electron chi connectivity index (χ3n) is 3.75. The molecule has 0 aliphatic rings. The van der Waals surface area contributed by atoms with Crippen LogP contribution in [0.2, 0.25) is 0 Å². The number of nitro benzene ring substituents is 1. The van der Waals surface area contributed by atoms with Crippen LogP contribution in [-0.4, -0.2) is 33.2 Å². The molecule has 0 unspecified atom stereocenters. The maximum atomic E-state index is 12.1. The second-order valence-electron chi connectivity index (χ2n) is 5.52. The summed E-state index contributed by atoms with van der Waals surface area (Å²) in [4.78, 5) is 34.6. The maximum absolute atomic E-state index is 12.1. The van der Waals surface area contributed by atoms with E-state index in [0.717, 1.165) is 5.69 Å². The van der Waals surface area contributed by atoms with Gasteiger partial charge in [0.2, 0.25) is 0 Å². The number of aromatic nitrogens is 2. The lowest BCUT2D eigenvalue weighted by Crippen LogP contribution is -2.22. The van der Waals surface area contributed by atoms with Crippen molar-refractivity contribution in [2.24, 2.45) is 7.05 Å². The molecular weight excluding hydrogens is 328 g/mol. The number of ether oxygens (including phenoxy) is 1. The predicted molar refractivity (Wildman–Crippen MR) is 89.4 cm³/mol. The first-order valence-corrected chi connectivity index (χ1v) is 7.43. The Bertz CT molecular complexity index is 856. The lowest BCUT2D eigenvalue weighted by atomic mass is 10.1. The number of para-hydroxylation sites is 1. The van der Waals surface area contributed by atoms with Crippen LogP contribution in [0.5, 0.6) is 0 Å². The van der Waals surface area contributed by atoms with Crippen molar-refractivity contribution >= 4 is 23.3 Å². The van der Waals surface area contributed by atoms with E-state index in [2.05, 4.69) is 10.4 Å². The fourth-order valence-corrected chi connectivity index (χ4v) is 2.40. The molecule has 0 fully saturated rings. The molecule has 132 valence electrons. The predicted octanol–water partition coefficient (Wildman–Crippen LogP) is 2.05. The molecule has 1 aromatic heterocycles. The molecule has 0 saturated carbocycles. The zero-order valence-corrected chi connectivity index (χ0v) is 14.3. The molecule has 0 atom stereocenters. The molecular formula is C16H18N4O5. The number of hydrogen-bond acceptors (Lipinski definition) is 6. The zero-order chi connectivity index (χ0) is 18.7. The van der Waals surface area contributed by atoms with Gasteiger partial charge in [0.15, 0.2) is 6.61 Å². The molecule has 9 heteroatoms. The molecule has 1 amide bonds. The Morgan fingerprint density at radius 1 is 1.32 bits per heavy atom. The number of nitrogens with one attached hydrogen (secondary N) is 1. The van der Waals surface area contributed by atoms with Crippen molar-refractivity contribution in [3.8, 4) is 0 Å². The summed E-state index contributed by atoms with van der Waals surface area (Å²) in [5.41, 5.74) is 1.76.